The van der Waals surface area contributed by atoms with Gasteiger partial charge in [-0.2, -0.15) is 0 Å². The fourth-order valence-electron chi connectivity index (χ4n) is 1.44. The van der Waals surface area contributed by atoms with Gasteiger partial charge in [-0.1, -0.05) is 43.5 Å². The molecule has 0 bridgehead atoms. The van der Waals surface area contributed by atoms with Crippen molar-refractivity contribution in [2.45, 2.75) is 20.3 Å². The van der Waals surface area contributed by atoms with Gasteiger partial charge >= 0.3 is 12.0 Å². The van der Waals surface area contributed by atoms with Gasteiger partial charge in [0, 0.05) is 11.6 Å². The van der Waals surface area contributed by atoms with E-state index in [2.05, 4.69) is 10.6 Å². The van der Waals surface area contributed by atoms with E-state index in [1.165, 1.54) is 12.1 Å². The van der Waals surface area contributed by atoms with Crippen molar-refractivity contribution in [2.24, 2.45) is 5.92 Å². The fourth-order valence-corrected chi connectivity index (χ4v) is 1.98. The van der Waals surface area contributed by atoms with Crippen LogP contribution >= 0.6 is 23.2 Å². The molecule has 20 heavy (non-hydrogen) atoms. The summed E-state index contributed by atoms with van der Waals surface area (Å²) in [5.41, 5.74) is -0.119. The topological polar surface area (TPSA) is 78.4 Å². The summed E-state index contributed by atoms with van der Waals surface area (Å²) in [5.74, 6) is -0.882. The molecule has 0 radical (unpaired) electrons. The summed E-state index contributed by atoms with van der Waals surface area (Å²) in [5, 5.41) is 14.5. The highest BCUT2D eigenvalue weighted by Gasteiger charge is 2.17. The van der Waals surface area contributed by atoms with Crippen LogP contribution in [0.3, 0.4) is 0 Å². The number of benzene rings is 1. The highest BCUT2D eigenvalue weighted by molar-refractivity contribution is 6.37. The van der Waals surface area contributed by atoms with Crippen LogP contribution in [0.25, 0.3) is 0 Å². The number of aromatic carboxylic acids is 1. The highest BCUT2D eigenvalue weighted by atomic mass is 35.5. The van der Waals surface area contributed by atoms with Crippen LogP contribution in [0.1, 0.15) is 30.6 Å². The Balaban J connectivity index is 2.86. The van der Waals surface area contributed by atoms with Gasteiger partial charge in [0.05, 0.1) is 16.3 Å². The Kier molecular flexibility index (Phi) is 6.10. The molecule has 0 aliphatic heterocycles. The molecule has 7 heteroatoms. The predicted molar refractivity (Wildman–Crippen MR) is 79.9 cm³/mol. The zero-order valence-corrected chi connectivity index (χ0v) is 12.7. The molecule has 1 rings (SSSR count). The van der Waals surface area contributed by atoms with Crippen LogP contribution in [-0.2, 0) is 0 Å². The Labute approximate surface area is 127 Å². The van der Waals surface area contributed by atoms with Crippen molar-refractivity contribution in [3.05, 3.63) is 27.7 Å². The molecule has 1 aromatic rings. The van der Waals surface area contributed by atoms with Crippen molar-refractivity contribution in [3.8, 4) is 0 Å². The molecule has 0 spiro atoms. The number of rotatable bonds is 5. The first kappa shape index (κ1) is 16.6. The SMILES string of the molecule is CCC(C)CNC(=O)Nc1c(Cl)cc(Cl)cc1C(=O)O. The maximum Gasteiger partial charge on any atom is 0.337 e. The van der Waals surface area contributed by atoms with Crippen molar-refractivity contribution in [2.75, 3.05) is 11.9 Å². The summed E-state index contributed by atoms with van der Waals surface area (Å²) in [4.78, 5) is 22.9. The molecule has 0 aromatic heterocycles. The van der Waals surface area contributed by atoms with Crippen molar-refractivity contribution in [1.29, 1.82) is 0 Å². The molecule has 0 heterocycles. The van der Waals surface area contributed by atoms with E-state index < -0.39 is 12.0 Å². The van der Waals surface area contributed by atoms with E-state index >= 15 is 0 Å². The van der Waals surface area contributed by atoms with Gasteiger partial charge in [-0.15, -0.1) is 0 Å². The summed E-state index contributed by atoms with van der Waals surface area (Å²) in [6.07, 6.45) is 0.933. The summed E-state index contributed by atoms with van der Waals surface area (Å²) in [6.45, 7) is 4.51. The second kappa shape index (κ2) is 7.36. The lowest BCUT2D eigenvalue weighted by Gasteiger charge is -2.14. The molecule has 0 saturated heterocycles. The number of halogens is 2. The van der Waals surface area contributed by atoms with Crippen LogP contribution in [0, 0.1) is 5.92 Å². The number of hydrogen-bond acceptors (Lipinski definition) is 2. The number of carboxylic acids is 1. The average Bonchev–Trinajstić information content (AvgIpc) is 2.38. The number of anilines is 1. The second-order valence-corrected chi connectivity index (χ2v) is 5.31. The van der Waals surface area contributed by atoms with Crippen molar-refractivity contribution in [1.82, 2.24) is 5.32 Å². The van der Waals surface area contributed by atoms with E-state index in [4.69, 9.17) is 28.3 Å². The number of carbonyl (C=O) groups excluding carboxylic acids is 1. The zero-order valence-electron chi connectivity index (χ0n) is 11.2. The van der Waals surface area contributed by atoms with Crippen LogP contribution in [0.2, 0.25) is 10.0 Å². The first-order valence-electron chi connectivity index (χ1n) is 6.12. The summed E-state index contributed by atoms with van der Waals surface area (Å²) < 4.78 is 0. The highest BCUT2D eigenvalue weighted by Crippen LogP contribution is 2.30. The van der Waals surface area contributed by atoms with Crippen molar-refractivity contribution < 1.29 is 14.7 Å². The van der Waals surface area contributed by atoms with Gasteiger partial charge in [-0.3, -0.25) is 0 Å². The Bertz CT molecular complexity index is 521. The van der Waals surface area contributed by atoms with Crippen LogP contribution in [0.5, 0.6) is 0 Å². The monoisotopic (exact) mass is 318 g/mol. The number of carbonyl (C=O) groups is 2. The number of carboxylic acid groups (broad SMARTS) is 1. The van der Waals surface area contributed by atoms with Crippen LogP contribution in [0.15, 0.2) is 12.1 Å². The third-order valence-electron chi connectivity index (χ3n) is 2.83. The first-order chi connectivity index (χ1) is 9.35. The first-order valence-corrected chi connectivity index (χ1v) is 6.87. The lowest BCUT2D eigenvalue weighted by molar-refractivity contribution is 0.0698. The van der Waals surface area contributed by atoms with Crippen molar-refractivity contribution >= 4 is 40.9 Å². The van der Waals surface area contributed by atoms with Gasteiger partial charge in [0.25, 0.3) is 0 Å². The quantitative estimate of drug-likeness (QED) is 0.771. The fraction of sp³-hybridized carbons (Fsp3) is 0.385. The minimum atomic E-state index is -1.22. The Hall–Kier alpha value is -1.46. The van der Waals surface area contributed by atoms with Gasteiger partial charge in [0.2, 0.25) is 0 Å². The third-order valence-corrected chi connectivity index (χ3v) is 3.35. The van der Waals surface area contributed by atoms with E-state index in [0.717, 1.165) is 6.42 Å². The standard InChI is InChI=1S/C13H16Cl2N2O3/c1-3-7(2)6-16-13(20)17-11-9(12(18)19)4-8(14)5-10(11)15/h4-5,7H,3,6H2,1-2H3,(H,18,19)(H2,16,17,20). The molecule has 2 amide bonds. The molecular weight excluding hydrogens is 303 g/mol. The molecule has 1 unspecified atom stereocenters. The third kappa shape index (κ3) is 4.58. The van der Waals surface area contributed by atoms with Crippen LogP contribution in [0.4, 0.5) is 10.5 Å². The average molecular weight is 319 g/mol. The number of urea groups is 1. The largest absolute Gasteiger partial charge is 0.478 e. The normalized spacial score (nSPS) is 11.8. The van der Waals surface area contributed by atoms with Gasteiger partial charge in [-0.25, -0.2) is 9.59 Å². The van der Waals surface area contributed by atoms with Crippen LogP contribution < -0.4 is 10.6 Å². The van der Waals surface area contributed by atoms with E-state index in [0.29, 0.717) is 12.5 Å². The maximum absolute atomic E-state index is 11.7. The molecule has 0 aliphatic rings. The summed E-state index contributed by atoms with van der Waals surface area (Å²) in [6, 6.07) is 2.11. The molecule has 1 atom stereocenters. The van der Waals surface area contributed by atoms with E-state index in [1.54, 1.807) is 0 Å². The summed E-state index contributed by atoms with van der Waals surface area (Å²) >= 11 is 11.7. The van der Waals surface area contributed by atoms with Crippen LogP contribution in [-0.4, -0.2) is 23.7 Å². The van der Waals surface area contributed by atoms with Gasteiger partial charge in [0.1, 0.15) is 0 Å². The Morgan fingerprint density at radius 3 is 2.55 bits per heavy atom. The number of hydrogen-bond donors (Lipinski definition) is 3. The van der Waals surface area contributed by atoms with Gasteiger partial charge in [0.15, 0.2) is 0 Å². The molecule has 1 aromatic carbocycles. The lowest BCUT2D eigenvalue weighted by atomic mass is 10.1. The smallest absolute Gasteiger partial charge is 0.337 e. The van der Waals surface area contributed by atoms with E-state index in [1.807, 2.05) is 13.8 Å². The number of amides is 2. The van der Waals surface area contributed by atoms with E-state index in [-0.39, 0.29) is 21.3 Å². The molecule has 0 fully saturated rings. The maximum atomic E-state index is 11.7. The Morgan fingerprint density at radius 1 is 1.35 bits per heavy atom. The molecule has 3 N–H and O–H groups in total. The predicted octanol–water partition coefficient (Wildman–Crippen LogP) is 3.86. The van der Waals surface area contributed by atoms with Crippen molar-refractivity contribution in [3.63, 3.8) is 0 Å². The minimum Gasteiger partial charge on any atom is -0.478 e. The molecule has 5 nitrogen and oxygen atoms in total. The molecule has 0 aliphatic carbocycles. The van der Waals surface area contributed by atoms with Gasteiger partial charge in [-0.05, 0) is 18.1 Å². The lowest BCUT2D eigenvalue weighted by Crippen LogP contribution is -2.32. The molecular formula is C13H16Cl2N2O3. The van der Waals surface area contributed by atoms with E-state index in [9.17, 15) is 9.59 Å². The summed E-state index contributed by atoms with van der Waals surface area (Å²) in [7, 11) is 0. The zero-order chi connectivity index (χ0) is 15.3. The Morgan fingerprint density at radius 2 is 2.00 bits per heavy atom. The van der Waals surface area contributed by atoms with Gasteiger partial charge < -0.3 is 15.7 Å². The molecule has 0 saturated carbocycles. The molecule has 110 valence electrons. The minimum absolute atomic E-state index is 0.0326. The number of nitrogens with one attached hydrogen (secondary N) is 2. The second-order valence-electron chi connectivity index (χ2n) is 4.46.